The molecular weight excluding hydrogens is 260 g/mol. The van der Waals surface area contributed by atoms with Gasteiger partial charge in [-0.15, -0.1) is 0 Å². The van der Waals surface area contributed by atoms with Gasteiger partial charge in [0.15, 0.2) is 0 Å². The number of benzene rings is 1. The molecule has 1 N–H and O–H groups in total. The maximum Gasteiger partial charge on any atom is 0.0740 e. The minimum absolute atomic E-state index is 0.753. The summed E-state index contributed by atoms with van der Waals surface area (Å²) in [6, 6.07) is 4.47. The molecule has 0 amide bonds. The van der Waals surface area contributed by atoms with Gasteiger partial charge < -0.3 is 10.1 Å². The predicted octanol–water partition coefficient (Wildman–Crippen LogP) is 3.08. The molecule has 0 spiro atoms. The second-order valence-electron chi connectivity index (χ2n) is 5.94. The molecule has 0 atom stereocenters. The summed E-state index contributed by atoms with van der Waals surface area (Å²) in [5, 5.41) is 4.83. The fraction of sp³-hybridized carbons (Fsp3) is 0.500. The summed E-state index contributed by atoms with van der Waals surface area (Å²) in [4.78, 5) is 4.97. The van der Waals surface area contributed by atoms with Gasteiger partial charge in [-0.1, -0.05) is 12.1 Å². The third-order valence-electron chi connectivity index (χ3n) is 4.61. The number of ether oxygens (including phenoxy) is 1. The van der Waals surface area contributed by atoms with Crippen molar-refractivity contribution in [2.24, 2.45) is 0 Å². The van der Waals surface area contributed by atoms with Crippen LogP contribution in [0.1, 0.15) is 34.4 Å². The van der Waals surface area contributed by atoms with E-state index in [1.165, 1.54) is 51.7 Å². The van der Waals surface area contributed by atoms with Gasteiger partial charge in [0.25, 0.3) is 0 Å². The number of aryl methyl sites for hydroxylation is 3. The molecule has 21 heavy (non-hydrogen) atoms. The topological polar surface area (TPSA) is 34.1 Å². The Labute approximate surface area is 126 Å². The van der Waals surface area contributed by atoms with Crippen LogP contribution < -0.4 is 5.32 Å². The van der Waals surface area contributed by atoms with Gasteiger partial charge in [-0.25, -0.2) is 0 Å². The van der Waals surface area contributed by atoms with Crippen LogP contribution in [0.2, 0.25) is 0 Å². The quantitative estimate of drug-likeness (QED) is 0.857. The molecule has 1 aliphatic carbocycles. The number of methoxy groups -OCH3 is 1. The molecule has 2 aromatic rings. The van der Waals surface area contributed by atoms with E-state index in [2.05, 4.69) is 31.3 Å². The van der Waals surface area contributed by atoms with Gasteiger partial charge in [-0.3, -0.25) is 4.98 Å². The highest BCUT2D eigenvalue weighted by Gasteiger charge is 2.20. The number of nitrogens with zero attached hydrogens (tertiary/aromatic N) is 1. The fourth-order valence-electron chi connectivity index (χ4n) is 3.25. The van der Waals surface area contributed by atoms with Crippen molar-refractivity contribution in [3.63, 3.8) is 0 Å². The van der Waals surface area contributed by atoms with E-state index in [1.807, 2.05) is 0 Å². The molecule has 1 aromatic heterocycles. The van der Waals surface area contributed by atoms with Crippen LogP contribution in [0.5, 0.6) is 0 Å². The summed E-state index contributed by atoms with van der Waals surface area (Å²) >= 11 is 0. The Morgan fingerprint density at radius 3 is 2.90 bits per heavy atom. The minimum Gasteiger partial charge on any atom is -0.383 e. The standard InChI is InChI=1S/C18H24N2O/c1-12-7-8-15-16(11-19-9-10-21-3)14-5-4-6-17(14)20-18(15)13(12)2/h7-8,19H,4-6,9-11H2,1-3H3. The van der Waals surface area contributed by atoms with Gasteiger partial charge >= 0.3 is 0 Å². The van der Waals surface area contributed by atoms with Crippen molar-refractivity contribution in [1.82, 2.24) is 10.3 Å². The van der Waals surface area contributed by atoms with Gasteiger partial charge in [-0.05, 0) is 55.4 Å². The Kier molecular flexibility index (Phi) is 4.22. The van der Waals surface area contributed by atoms with Gasteiger partial charge in [0, 0.05) is 31.3 Å². The van der Waals surface area contributed by atoms with E-state index in [0.717, 1.165) is 26.1 Å². The molecule has 0 bridgehead atoms. The largest absolute Gasteiger partial charge is 0.383 e. The van der Waals surface area contributed by atoms with Crippen LogP contribution in [0.3, 0.4) is 0 Å². The molecule has 0 radical (unpaired) electrons. The Morgan fingerprint density at radius 2 is 2.10 bits per heavy atom. The van der Waals surface area contributed by atoms with E-state index in [4.69, 9.17) is 9.72 Å². The number of nitrogens with one attached hydrogen (secondary N) is 1. The summed E-state index contributed by atoms with van der Waals surface area (Å²) in [6.45, 7) is 6.91. The first-order chi connectivity index (χ1) is 10.2. The average molecular weight is 284 g/mol. The van der Waals surface area contributed by atoms with E-state index >= 15 is 0 Å². The minimum atomic E-state index is 0.753. The third kappa shape index (κ3) is 2.68. The number of hydrogen-bond acceptors (Lipinski definition) is 3. The molecule has 0 saturated heterocycles. The summed E-state index contributed by atoms with van der Waals surface area (Å²) < 4.78 is 5.12. The number of aromatic nitrogens is 1. The lowest BCUT2D eigenvalue weighted by molar-refractivity contribution is 0.199. The molecule has 0 saturated carbocycles. The summed E-state index contributed by atoms with van der Waals surface area (Å²) in [6.07, 6.45) is 3.54. The highest BCUT2D eigenvalue weighted by Crippen LogP contribution is 2.32. The monoisotopic (exact) mass is 284 g/mol. The Balaban J connectivity index is 2.05. The predicted molar refractivity (Wildman–Crippen MR) is 86.8 cm³/mol. The second kappa shape index (κ2) is 6.12. The molecule has 1 heterocycles. The normalized spacial score (nSPS) is 13.9. The van der Waals surface area contributed by atoms with Crippen LogP contribution in [-0.4, -0.2) is 25.2 Å². The van der Waals surface area contributed by atoms with Crippen molar-refractivity contribution in [3.05, 3.63) is 40.1 Å². The zero-order valence-corrected chi connectivity index (χ0v) is 13.3. The Morgan fingerprint density at radius 1 is 1.24 bits per heavy atom. The van der Waals surface area contributed by atoms with Crippen molar-refractivity contribution >= 4 is 10.9 Å². The highest BCUT2D eigenvalue weighted by atomic mass is 16.5. The van der Waals surface area contributed by atoms with Crippen LogP contribution in [0.15, 0.2) is 12.1 Å². The van der Waals surface area contributed by atoms with Crippen molar-refractivity contribution in [3.8, 4) is 0 Å². The lowest BCUT2D eigenvalue weighted by Gasteiger charge is -2.15. The van der Waals surface area contributed by atoms with E-state index in [9.17, 15) is 0 Å². The van der Waals surface area contributed by atoms with Crippen molar-refractivity contribution in [2.45, 2.75) is 39.7 Å². The zero-order valence-electron chi connectivity index (χ0n) is 13.3. The number of pyridine rings is 1. The van der Waals surface area contributed by atoms with Gasteiger partial charge in [0.2, 0.25) is 0 Å². The summed E-state index contributed by atoms with van der Waals surface area (Å²) in [7, 11) is 1.74. The molecular formula is C18H24N2O. The maximum atomic E-state index is 5.12. The van der Waals surface area contributed by atoms with E-state index in [-0.39, 0.29) is 0 Å². The molecule has 1 aromatic carbocycles. The lowest BCUT2D eigenvalue weighted by Crippen LogP contribution is -2.20. The first-order valence-corrected chi connectivity index (χ1v) is 7.82. The van der Waals surface area contributed by atoms with Crippen molar-refractivity contribution in [2.75, 3.05) is 20.3 Å². The summed E-state index contributed by atoms with van der Waals surface area (Å²) in [5.41, 5.74) is 8.09. The average Bonchev–Trinajstić information content (AvgIpc) is 2.95. The van der Waals surface area contributed by atoms with Crippen molar-refractivity contribution in [1.29, 1.82) is 0 Å². The number of hydrogen-bond donors (Lipinski definition) is 1. The molecule has 3 heteroatoms. The second-order valence-corrected chi connectivity index (χ2v) is 5.94. The van der Waals surface area contributed by atoms with Crippen LogP contribution >= 0.6 is 0 Å². The molecule has 0 unspecified atom stereocenters. The highest BCUT2D eigenvalue weighted by molar-refractivity contribution is 5.87. The van der Waals surface area contributed by atoms with Gasteiger partial charge in [0.1, 0.15) is 0 Å². The van der Waals surface area contributed by atoms with E-state index < -0.39 is 0 Å². The smallest absolute Gasteiger partial charge is 0.0740 e. The van der Waals surface area contributed by atoms with Gasteiger partial charge in [-0.2, -0.15) is 0 Å². The third-order valence-corrected chi connectivity index (χ3v) is 4.61. The van der Waals surface area contributed by atoms with Crippen molar-refractivity contribution < 1.29 is 4.74 Å². The summed E-state index contributed by atoms with van der Waals surface area (Å²) in [5.74, 6) is 0. The van der Waals surface area contributed by atoms with Crippen LogP contribution in [0.25, 0.3) is 10.9 Å². The molecule has 0 aliphatic heterocycles. The number of rotatable bonds is 5. The molecule has 112 valence electrons. The maximum absolute atomic E-state index is 5.12. The first kappa shape index (κ1) is 14.5. The lowest BCUT2D eigenvalue weighted by atomic mass is 9.97. The van der Waals surface area contributed by atoms with E-state index in [1.54, 1.807) is 7.11 Å². The van der Waals surface area contributed by atoms with Crippen LogP contribution in [-0.2, 0) is 24.1 Å². The first-order valence-electron chi connectivity index (χ1n) is 7.82. The molecule has 0 fully saturated rings. The Hall–Kier alpha value is -1.45. The molecule has 3 nitrogen and oxygen atoms in total. The molecule has 1 aliphatic rings. The SMILES string of the molecule is COCCNCc1c2c(nc3c(C)c(C)ccc13)CCC2. The van der Waals surface area contributed by atoms with Crippen LogP contribution in [0, 0.1) is 13.8 Å². The van der Waals surface area contributed by atoms with Gasteiger partial charge in [0.05, 0.1) is 12.1 Å². The van der Waals surface area contributed by atoms with Crippen LogP contribution in [0.4, 0.5) is 0 Å². The fourth-order valence-corrected chi connectivity index (χ4v) is 3.25. The zero-order chi connectivity index (χ0) is 14.8. The van der Waals surface area contributed by atoms with E-state index in [0.29, 0.717) is 0 Å². The molecule has 3 rings (SSSR count). The number of fused-ring (bicyclic) bond motifs is 2. The Bertz CT molecular complexity index is 664.